The van der Waals surface area contributed by atoms with Crippen molar-refractivity contribution in [3.05, 3.63) is 59.9 Å². The van der Waals surface area contributed by atoms with Gasteiger partial charge in [0.25, 0.3) is 5.91 Å². The number of halogens is 1. The van der Waals surface area contributed by atoms with E-state index in [1.54, 1.807) is 28.9 Å². The van der Waals surface area contributed by atoms with Gasteiger partial charge in [-0.1, -0.05) is 23.9 Å². The Balaban J connectivity index is 1.35. The van der Waals surface area contributed by atoms with Crippen LogP contribution in [0, 0.1) is 5.82 Å². The lowest BCUT2D eigenvalue weighted by Gasteiger charge is -2.12. The zero-order valence-corrected chi connectivity index (χ0v) is 17.8. The van der Waals surface area contributed by atoms with Gasteiger partial charge in [-0.2, -0.15) is 0 Å². The number of hydrogen-bond acceptors (Lipinski definition) is 7. The van der Waals surface area contributed by atoms with E-state index in [9.17, 15) is 14.0 Å². The molecule has 4 rings (SSSR count). The van der Waals surface area contributed by atoms with Gasteiger partial charge < -0.3 is 15.4 Å². The summed E-state index contributed by atoms with van der Waals surface area (Å²) in [5.74, 6) is -1.04. The van der Waals surface area contributed by atoms with Gasteiger partial charge in [-0.3, -0.25) is 9.59 Å². The van der Waals surface area contributed by atoms with Crippen LogP contribution in [0.25, 0.3) is 0 Å². The van der Waals surface area contributed by atoms with Crippen molar-refractivity contribution < 1.29 is 18.7 Å². The highest BCUT2D eigenvalue weighted by molar-refractivity contribution is 7.99. The molecule has 2 heterocycles. The number of tetrazole rings is 1. The highest BCUT2D eigenvalue weighted by atomic mass is 32.2. The number of carbonyl (C=O) groups is 2. The second-order valence-corrected chi connectivity index (χ2v) is 8.06. The molecule has 1 atom stereocenters. The Kier molecular flexibility index (Phi) is 7.07. The van der Waals surface area contributed by atoms with E-state index in [2.05, 4.69) is 26.2 Å². The predicted molar refractivity (Wildman–Crippen MR) is 117 cm³/mol. The highest BCUT2D eigenvalue weighted by Gasteiger charge is 2.20. The number of nitrogens with zero attached hydrogens (tertiary/aromatic N) is 4. The average molecular weight is 457 g/mol. The van der Waals surface area contributed by atoms with Crippen LogP contribution >= 0.6 is 11.8 Å². The summed E-state index contributed by atoms with van der Waals surface area (Å²) in [6.45, 7) is 1.29. The van der Waals surface area contributed by atoms with Crippen LogP contribution in [0.4, 0.5) is 15.8 Å². The standard InChI is InChI=1S/C21H21FN6O3S/c22-14-7-9-15(10-8-14)23-20(30)17-5-1-2-6-18(17)24-19(29)13-32-21-25-26-27-28(21)12-16-4-3-11-31-16/h1-2,5-10,16H,3-4,11-13H2,(H,23,30)(H,24,29)/t16-/m1/s1. The fraction of sp³-hybridized carbons (Fsp3) is 0.286. The van der Waals surface area contributed by atoms with Crippen LogP contribution in [0.5, 0.6) is 0 Å². The summed E-state index contributed by atoms with van der Waals surface area (Å²) >= 11 is 1.21. The van der Waals surface area contributed by atoms with Crippen molar-refractivity contribution in [2.24, 2.45) is 0 Å². The van der Waals surface area contributed by atoms with E-state index in [1.165, 1.54) is 36.0 Å². The van der Waals surface area contributed by atoms with Crippen molar-refractivity contribution in [2.45, 2.75) is 30.6 Å². The van der Waals surface area contributed by atoms with E-state index in [0.717, 1.165) is 19.4 Å². The fourth-order valence-electron chi connectivity index (χ4n) is 3.23. The number of carbonyl (C=O) groups excluding carboxylic acids is 2. The maximum Gasteiger partial charge on any atom is 0.257 e. The van der Waals surface area contributed by atoms with Crippen LogP contribution in [0.3, 0.4) is 0 Å². The Morgan fingerprint density at radius 2 is 1.97 bits per heavy atom. The topological polar surface area (TPSA) is 111 Å². The average Bonchev–Trinajstić information content (AvgIpc) is 3.47. The number of ether oxygens (including phenoxy) is 1. The summed E-state index contributed by atoms with van der Waals surface area (Å²) < 4.78 is 20.3. The molecule has 1 fully saturated rings. The lowest BCUT2D eigenvalue weighted by atomic mass is 10.1. The molecular weight excluding hydrogens is 435 g/mol. The molecule has 11 heteroatoms. The molecule has 32 heavy (non-hydrogen) atoms. The number of benzene rings is 2. The van der Waals surface area contributed by atoms with Crippen LogP contribution in [0.2, 0.25) is 0 Å². The Morgan fingerprint density at radius 1 is 1.16 bits per heavy atom. The SMILES string of the molecule is O=C(CSc1nnnn1C[C@H]1CCCO1)Nc1ccccc1C(=O)Nc1ccc(F)cc1. The Morgan fingerprint density at radius 3 is 2.75 bits per heavy atom. The molecule has 2 amide bonds. The first kappa shape index (κ1) is 21.9. The van der Waals surface area contributed by atoms with E-state index in [1.807, 2.05) is 0 Å². The third kappa shape index (κ3) is 5.68. The third-order valence-electron chi connectivity index (χ3n) is 4.78. The molecule has 1 saturated heterocycles. The predicted octanol–water partition coefficient (Wildman–Crippen LogP) is 2.97. The third-order valence-corrected chi connectivity index (χ3v) is 5.74. The van der Waals surface area contributed by atoms with Crippen LogP contribution in [-0.4, -0.2) is 50.5 Å². The van der Waals surface area contributed by atoms with Crippen LogP contribution in [0.1, 0.15) is 23.2 Å². The summed E-state index contributed by atoms with van der Waals surface area (Å²) in [4.78, 5) is 25.2. The van der Waals surface area contributed by atoms with Gasteiger partial charge in [-0.05, 0) is 59.7 Å². The van der Waals surface area contributed by atoms with Gasteiger partial charge in [0.05, 0.1) is 29.7 Å². The van der Waals surface area contributed by atoms with Gasteiger partial charge >= 0.3 is 0 Å². The number of nitrogens with one attached hydrogen (secondary N) is 2. The molecule has 2 aromatic carbocycles. The quantitative estimate of drug-likeness (QED) is 0.501. The zero-order chi connectivity index (χ0) is 22.3. The number of amides is 2. The van der Waals surface area contributed by atoms with E-state index < -0.39 is 11.7 Å². The minimum absolute atomic E-state index is 0.0693. The second kappa shape index (κ2) is 10.3. The van der Waals surface area contributed by atoms with E-state index in [4.69, 9.17) is 4.74 Å². The summed E-state index contributed by atoms with van der Waals surface area (Å²) in [6.07, 6.45) is 2.06. The number of anilines is 2. The monoisotopic (exact) mass is 456 g/mol. The van der Waals surface area contributed by atoms with Crippen LogP contribution in [0.15, 0.2) is 53.7 Å². The molecule has 9 nitrogen and oxygen atoms in total. The van der Waals surface area contributed by atoms with Crippen molar-refractivity contribution in [3.8, 4) is 0 Å². The molecule has 0 saturated carbocycles. The Bertz CT molecular complexity index is 1090. The molecule has 0 spiro atoms. The molecule has 0 radical (unpaired) electrons. The first-order valence-electron chi connectivity index (χ1n) is 10.0. The van der Waals surface area contributed by atoms with Crippen molar-refractivity contribution in [3.63, 3.8) is 0 Å². The maximum atomic E-state index is 13.1. The number of rotatable bonds is 8. The molecule has 166 valence electrons. The van der Waals surface area contributed by atoms with Crippen molar-refractivity contribution in [1.82, 2.24) is 20.2 Å². The highest BCUT2D eigenvalue weighted by Crippen LogP contribution is 2.21. The number of thioether (sulfide) groups is 1. The molecule has 1 aromatic heterocycles. The molecule has 0 aliphatic carbocycles. The fourth-order valence-corrected chi connectivity index (χ4v) is 3.92. The summed E-state index contributed by atoms with van der Waals surface area (Å²) in [5.41, 5.74) is 1.11. The van der Waals surface area contributed by atoms with E-state index in [0.29, 0.717) is 28.6 Å². The summed E-state index contributed by atoms with van der Waals surface area (Å²) in [6, 6.07) is 12.1. The largest absolute Gasteiger partial charge is 0.376 e. The summed E-state index contributed by atoms with van der Waals surface area (Å²) in [5, 5.41) is 17.6. The van der Waals surface area contributed by atoms with Crippen molar-refractivity contribution in [1.29, 1.82) is 0 Å². The Hall–Kier alpha value is -3.31. The molecule has 2 N–H and O–H groups in total. The van der Waals surface area contributed by atoms with Crippen molar-refractivity contribution >= 4 is 35.0 Å². The maximum absolute atomic E-state index is 13.1. The van der Waals surface area contributed by atoms with Gasteiger partial charge in [-0.15, -0.1) is 5.10 Å². The van der Waals surface area contributed by atoms with E-state index >= 15 is 0 Å². The van der Waals surface area contributed by atoms with Gasteiger partial charge in [0.2, 0.25) is 11.1 Å². The number of hydrogen-bond donors (Lipinski definition) is 2. The zero-order valence-electron chi connectivity index (χ0n) is 17.0. The van der Waals surface area contributed by atoms with E-state index in [-0.39, 0.29) is 17.8 Å². The summed E-state index contributed by atoms with van der Waals surface area (Å²) in [7, 11) is 0. The molecule has 0 unspecified atom stereocenters. The first-order chi connectivity index (χ1) is 15.6. The van der Waals surface area contributed by atoms with Crippen LogP contribution < -0.4 is 10.6 Å². The van der Waals surface area contributed by atoms with Gasteiger partial charge in [0.15, 0.2) is 0 Å². The van der Waals surface area contributed by atoms with Crippen molar-refractivity contribution in [2.75, 3.05) is 23.0 Å². The normalized spacial score (nSPS) is 15.5. The van der Waals surface area contributed by atoms with Gasteiger partial charge in [-0.25, -0.2) is 9.07 Å². The molecule has 0 bridgehead atoms. The first-order valence-corrected chi connectivity index (χ1v) is 11.0. The molecule has 3 aromatic rings. The number of aromatic nitrogens is 4. The smallest absolute Gasteiger partial charge is 0.257 e. The number of para-hydroxylation sites is 1. The second-order valence-electron chi connectivity index (χ2n) is 7.12. The lowest BCUT2D eigenvalue weighted by molar-refractivity contribution is -0.113. The minimum Gasteiger partial charge on any atom is -0.376 e. The van der Waals surface area contributed by atoms with Gasteiger partial charge in [0, 0.05) is 12.3 Å². The minimum atomic E-state index is -0.416. The van der Waals surface area contributed by atoms with Crippen LogP contribution in [-0.2, 0) is 16.1 Å². The Labute approximate surface area is 187 Å². The lowest BCUT2D eigenvalue weighted by Crippen LogP contribution is -2.20. The molecular formula is C21H21FN6O3S. The van der Waals surface area contributed by atoms with Gasteiger partial charge in [0.1, 0.15) is 5.82 Å². The molecule has 1 aliphatic rings. The molecule has 1 aliphatic heterocycles.